The van der Waals surface area contributed by atoms with Gasteiger partial charge in [0.25, 0.3) is 0 Å². The molecule has 3 heterocycles. The van der Waals surface area contributed by atoms with E-state index in [1.54, 1.807) is 25.5 Å². The van der Waals surface area contributed by atoms with Crippen LogP contribution in [0, 0.1) is 5.92 Å². The van der Waals surface area contributed by atoms with Gasteiger partial charge in [-0.3, -0.25) is 9.69 Å². The number of nitrogens with zero attached hydrogens (tertiary/aromatic N) is 4. The van der Waals surface area contributed by atoms with Crippen LogP contribution in [-0.4, -0.2) is 60.0 Å². The van der Waals surface area contributed by atoms with Crippen molar-refractivity contribution in [3.63, 3.8) is 0 Å². The van der Waals surface area contributed by atoms with Crippen LogP contribution in [0.25, 0.3) is 22.0 Å². The molecule has 1 N–H and O–H groups in total. The number of carbonyl (C=O) groups excluding carboxylic acids is 1. The molecular formula is C24H24Cl3N5O. The summed E-state index contributed by atoms with van der Waals surface area (Å²) in [5.41, 5.74) is 2.37. The predicted molar refractivity (Wildman–Crippen MR) is 134 cm³/mol. The molecule has 33 heavy (non-hydrogen) atoms. The molecule has 1 atom stereocenters. The highest BCUT2D eigenvalue weighted by Gasteiger charge is 2.38. The average molecular weight is 505 g/mol. The standard InChI is InChI=1S/C24H24Cl3N5O/c1-28-24(33)14-10-32(11-14)16-3-2-6-31(12-16)23-19-8-18(17-7-15(25)4-5-20(17)26)21(27)9-22(19)29-13-30-23/h4-5,7-9,13-14,16H,2-3,6,10-12H2,1H3,(H,28,33). The van der Waals surface area contributed by atoms with Crippen molar-refractivity contribution in [1.82, 2.24) is 20.2 Å². The van der Waals surface area contributed by atoms with Crippen LogP contribution in [0.5, 0.6) is 0 Å². The molecule has 1 unspecified atom stereocenters. The van der Waals surface area contributed by atoms with Gasteiger partial charge in [-0.2, -0.15) is 0 Å². The van der Waals surface area contributed by atoms with E-state index in [2.05, 4.69) is 25.1 Å². The maximum Gasteiger partial charge on any atom is 0.225 e. The molecule has 0 spiro atoms. The number of anilines is 1. The number of nitrogens with one attached hydrogen (secondary N) is 1. The Hall–Kier alpha value is -2.12. The first-order valence-electron chi connectivity index (χ1n) is 11.0. The third kappa shape index (κ3) is 4.37. The fourth-order valence-electron chi connectivity index (χ4n) is 4.85. The van der Waals surface area contributed by atoms with Crippen molar-refractivity contribution < 1.29 is 4.79 Å². The second-order valence-corrected chi connectivity index (χ2v) is 9.93. The Kier molecular flexibility index (Phi) is 6.36. The van der Waals surface area contributed by atoms with E-state index >= 15 is 0 Å². The van der Waals surface area contributed by atoms with Crippen molar-refractivity contribution in [3.8, 4) is 11.1 Å². The van der Waals surface area contributed by atoms with Gasteiger partial charge in [0.1, 0.15) is 12.1 Å². The summed E-state index contributed by atoms with van der Waals surface area (Å²) in [5.74, 6) is 1.12. The fraction of sp³-hybridized carbons (Fsp3) is 0.375. The van der Waals surface area contributed by atoms with Gasteiger partial charge in [-0.1, -0.05) is 34.8 Å². The van der Waals surface area contributed by atoms with Gasteiger partial charge in [0.05, 0.1) is 16.5 Å². The summed E-state index contributed by atoms with van der Waals surface area (Å²) in [6, 6.07) is 9.63. The van der Waals surface area contributed by atoms with Gasteiger partial charge in [0.2, 0.25) is 5.91 Å². The van der Waals surface area contributed by atoms with Crippen molar-refractivity contribution in [2.75, 3.05) is 38.1 Å². The van der Waals surface area contributed by atoms with E-state index in [9.17, 15) is 4.79 Å². The zero-order valence-electron chi connectivity index (χ0n) is 18.2. The Morgan fingerprint density at radius 2 is 1.82 bits per heavy atom. The molecule has 2 aliphatic rings. The van der Waals surface area contributed by atoms with E-state index in [1.807, 2.05) is 18.2 Å². The molecule has 6 nitrogen and oxygen atoms in total. The van der Waals surface area contributed by atoms with Gasteiger partial charge in [-0.15, -0.1) is 0 Å². The van der Waals surface area contributed by atoms with Crippen molar-refractivity contribution >= 4 is 57.4 Å². The van der Waals surface area contributed by atoms with E-state index in [1.165, 1.54) is 0 Å². The SMILES string of the molecule is CNC(=O)C1CN(C2CCCN(c3ncnc4cc(Cl)c(-c5cc(Cl)ccc5Cl)cc34)C2)C1. The Bertz CT molecular complexity index is 1210. The Balaban J connectivity index is 1.46. The summed E-state index contributed by atoms with van der Waals surface area (Å²) >= 11 is 19.3. The molecule has 2 aromatic carbocycles. The highest BCUT2D eigenvalue weighted by Crippen LogP contribution is 2.39. The fourth-order valence-corrected chi connectivity index (χ4v) is 5.50. The summed E-state index contributed by atoms with van der Waals surface area (Å²) in [6.45, 7) is 3.42. The second-order valence-electron chi connectivity index (χ2n) is 8.68. The molecule has 3 aromatic rings. The molecular weight excluding hydrogens is 481 g/mol. The van der Waals surface area contributed by atoms with Gasteiger partial charge in [-0.05, 0) is 43.2 Å². The number of likely N-dealkylation sites (tertiary alicyclic amines) is 1. The Morgan fingerprint density at radius 1 is 1.03 bits per heavy atom. The number of benzene rings is 2. The van der Waals surface area contributed by atoms with Crippen molar-refractivity contribution in [3.05, 3.63) is 51.7 Å². The summed E-state index contributed by atoms with van der Waals surface area (Å²) < 4.78 is 0. The molecule has 2 fully saturated rings. The number of piperidine rings is 1. The van der Waals surface area contributed by atoms with E-state index < -0.39 is 0 Å². The molecule has 0 bridgehead atoms. The van der Waals surface area contributed by atoms with Crippen LogP contribution in [0.1, 0.15) is 12.8 Å². The van der Waals surface area contributed by atoms with Crippen LogP contribution in [0.2, 0.25) is 15.1 Å². The molecule has 1 amide bonds. The number of hydrogen-bond donors (Lipinski definition) is 1. The summed E-state index contributed by atoms with van der Waals surface area (Å²) in [5, 5.41) is 5.43. The Morgan fingerprint density at radius 3 is 2.61 bits per heavy atom. The van der Waals surface area contributed by atoms with Gasteiger partial charge < -0.3 is 10.2 Å². The molecule has 5 rings (SSSR count). The molecule has 0 aliphatic carbocycles. The van der Waals surface area contributed by atoms with Gasteiger partial charge in [0, 0.05) is 65.8 Å². The topological polar surface area (TPSA) is 61.4 Å². The lowest BCUT2D eigenvalue weighted by atomic mass is 9.93. The first-order valence-corrected chi connectivity index (χ1v) is 12.2. The second kappa shape index (κ2) is 9.26. The smallest absolute Gasteiger partial charge is 0.225 e. The molecule has 2 aliphatic heterocycles. The summed E-state index contributed by atoms with van der Waals surface area (Å²) in [7, 11) is 1.70. The van der Waals surface area contributed by atoms with E-state index in [0.29, 0.717) is 21.1 Å². The van der Waals surface area contributed by atoms with Gasteiger partial charge in [0.15, 0.2) is 0 Å². The number of aromatic nitrogens is 2. The van der Waals surface area contributed by atoms with Crippen molar-refractivity contribution in [1.29, 1.82) is 0 Å². The van der Waals surface area contributed by atoms with Crippen LogP contribution in [0.3, 0.4) is 0 Å². The summed E-state index contributed by atoms with van der Waals surface area (Å²) in [4.78, 5) is 25.7. The minimum Gasteiger partial charge on any atom is -0.359 e. The third-order valence-electron chi connectivity index (χ3n) is 6.66. The zero-order valence-corrected chi connectivity index (χ0v) is 20.5. The highest BCUT2D eigenvalue weighted by atomic mass is 35.5. The number of carbonyl (C=O) groups is 1. The van der Waals surface area contributed by atoms with Crippen LogP contribution < -0.4 is 10.2 Å². The van der Waals surface area contributed by atoms with Crippen molar-refractivity contribution in [2.45, 2.75) is 18.9 Å². The van der Waals surface area contributed by atoms with Crippen LogP contribution in [-0.2, 0) is 4.79 Å². The molecule has 1 aromatic heterocycles. The average Bonchev–Trinajstić information content (AvgIpc) is 2.79. The first-order chi connectivity index (χ1) is 15.9. The first kappa shape index (κ1) is 22.7. The molecule has 9 heteroatoms. The minimum absolute atomic E-state index is 0.0948. The van der Waals surface area contributed by atoms with Crippen LogP contribution in [0.15, 0.2) is 36.7 Å². The molecule has 0 saturated carbocycles. The maximum atomic E-state index is 11.9. The number of amides is 1. The number of hydrogen-bond acceptors (Lipinski definition) is 5. The van der Waals surface area contributed by atoms with Gasteiger partial charge in [-0.25, -0.2) is 9.97 Å². The Labute approximate surface area is 207 Å². The van der Waals surface area contributed by atoms with E-state index in [0.717, 1.165) is 66.9 Å². The van der Waals surface area contributed by atoms with E-state index in [4.69, 9.17) is 34.8 Å². The quantitative estimate of drug-likeness (QED) is 0.547. The van der Waals surface area contributed by atoms with Crippen LogP contribution >= 0.6 is 34.8 Å². The molecule has 0 radical (unpaired) electrons. The monoisotopic (exact) mass is 503 g/mol. The zero-order chi connectivity index (χ0) is 23.1. The van der Waals surface area contributed by atoms with Gasteiger partial charge >= 0.3 is 0 Å². The normalized spacial score (nSPS) is 19.5. The highest BCUT2D eigenvalue weighted by molar-refractivity contribution is 6.38. The molecule has 172 valence electrons. The summed E-state index contributed by atoms with van der Waals surface area (Å²) in [6.07, 6.45) is 3.78. The van der Waals surface area contributed by atoms with E-state index in [-0.39, 0.29) is 11.8 Å². The molecule has 2 saturated heterocycles. The number of halogens is 3. The van der Waals surface area contributed by atoms with Crippen LogP contribution in [0.4, 0.5) is 5.82 Å². The largest absolute Gasteiger partial charge is 0.359 e. The lowest BCUT2D eigenvalue weighted by molar-refractivity contribution is -0.130. The lowest BCUT2D eigenvalue weighted by Gasteiger charge is -2.47. The number of rotatable bonds is 4. The third-order valence-corrected chi connectivity index (χ3v) is 7.54. The van der Waals surface area contributed by atoms with Crippen molar-refractivity contribution in [2.24, 2.45) is 5.92 Å². The number of fused-ring (bicyclic) bond motifs is 1. The minimum atomic E-state index is 0.0948. The predicted octanol–water partition coefficient (Wildman–Crippen LogP) is 4.90. The maximum absolute atomic E-state index is 11.9. The lowest BCUT2D eigenvalue weighted by Crippen LogP contribution is -2.60.